The van der Waals surface area contributed by atoms with Crippen LogP contribution >= 0.6 is 0 Å². The number of aliphatic carboxylic acids is 1. The van der Waals surface area contributed by atoms with Gasteiger partial charge in [0, 0.05) is 0 Å². The molecule has 0 saturated heterocycles. The highest BCUT2D eigenvalue weighted by atomic mass is 16.4. The van der Waals surface area contributed by atoms with E-state index in [0.29, 0.717) is 5.41 Å². The van der Waals surface area contributed by atoms with Crippen LogP contribution in [0.3, 0.4) is 0 Å². The Labute approximate surface area is 97.4 Å². The molecular formula is C14H22O2. The van der Waals surface area contributed by atoms with Crippen molar-refractivity contribution in [2.45, 2.75) is 46.5 Å². The molecule has 2 nitrogen and oxygen atoms in total. The van der Waals surface area contributed by atoms with E-state index >= 15 is 0 Å². The maximum atomic E-state index is 11.0. The zero-order valence-electron chi connectivity index (χ0n) is 10.5. The Hall–Kier alpha value is -0.530. The van der Waals surface area contributed by atoms with Crippen molar-refractivity contribution in [2.75, 3.05) is 0 Å². The number of carboxylic acids is 1. The minimum atomic E-state index is -0.578. The second-order valence-corrected chi connectivity index (χ2v) is 7.18. The Morgan fingerprint density at radius 2 is 2.06 bits per heavy atom. The average Bonchev–Trinajstić information content (AvgIpc) is 3.00. The van der Waals surface area contributed by atoms with Crippen LogP contribution in [0.15, 0.2) is 0 Å². The van der Waals surface area contributed by atoms with E-state index in [-0.39, 0.29) is 11.3 Å². The molecule has 0 aromatic heterocycles. The van der Waals surface area contributed by atoms with Crippen LogP contribution in [-0.2, 0) is 4.79 Å². The molecule has 3 aliphatic rings. The molecule has 0 aliphatic heterocycles. The number of carboxylic acid groups (broad SMARTS) is 1. The van der Waals surface area contributed by atoms with E-state index in [1.54, 1.807) is 0 Å². The number of rotatable bonds is 3. The molecule has 0 radical (unpaired) electrons. The molecular weight excluding hydrogens is 200 g/mol. The molecule has 0 amide bonds. The fourth-order valence-corrected chi connectivity index (χ4v) is 4.52. The number of fused-ring (bicyclic) bond motifs is 1. The Morgan fingerprint density at radius 3 is 2.44 bits per heavy atom. The van der Waals surface area contributed by atoms with Gasteiger partial charge in [0.05, 0.1) is 5.92 Å². The highest BCUT2D eigenvalue weighted by molar-refractivity contribution is 5.74. The van der Waals surface area contributed by atoms with Crippen molar-refractivity contribution in [1.29, 1.82) is 0 Å². The van der Waals surface area contributed by atoms with Gasteiger partial charge in [-0.1, -0.05) is 20.8 Å². The van der Waals surface area contributed by atoms with Crippen LogP contribution in [0.25, 0.3) is 0 Å². The van der Waals surface area contributed by atoms with E-state index in [0.717, 1.165) is 30.6 Å². The van der Waals surface area contributed by atoms with Crippen LogP contribution in [-0.4, -0.2) is 11.1 Å². The normalized spacial score (nSPS) is 58.2. The summed E-state index contributed by atoms with van der Waals surface area (Å²) in [4.78, 5) is 11.0. The van der Waals surface area contributed by atoms with Crippen molar-refractivity contribution in [2.24, 2.45) is 34.5 Å². The summed E-state index contributed by atoms with van der Waals surface area (Å²) in [5.41, 5.74) is 0.699. The van der Waals surface area contributed by atoms with Gasteiger partial charge in [0.25, 0.3) is 0 Å². The van der Waals surface area contributed by atoms with Gasteiger partial charge in [-0.25, -0.2) is 0 Å². The molecule has 2 heteroatoms. The van der Waals surface area contributed by atoms with E-state index in [9.17, 15) is 4.79 Å². The molecule has 0 heterocycles. The fourth-order valence-electron chi connectivity index (χ4n) is 4.52. The van der Waals surface area contributed by atoms with Gasteiger partial charge in [-0.15, -0.1) is 0 Å². The van der Waals surface area contributed by atoms with E-state index in [1.165, 1.54) is 12.8 Å². The second-order valence-electron chi connectivity index (χ2n) is 7.18. The maximum absolute atomic E-state index is 11.0. The molecule has 3 saturated carbocycles. The van der Waals surface area contributed by atoms with Crippen molar-refractivity contribution in [3.63, 3.8) is 0 Å². The number of carbonyl (C=O) groups is 1. The third-order valence-electron chi connectivity index (χ3n) is 5.98. The second kappa shape index (κ2) is 2.83. The van der Waals surface area contributed by atoms with Crippen molar-refractivity contribution < 1.29 is 9.90 Å². The number of hydrogen-bond acceptors (Lipinski definition) is 1. The van der Waals surface area contributed by atoms with Crippen LogP contribution in [0, 0.1) is 34.5 Å². The molecule has 6 unspecified atom stereocenters. The van der Waals surface area contributed by atoms with Gasteiger partial charge in [0.2, 0.25) is 0 Å². The quantitative estimate of drug-likeness (QED) is 0.796. The van der Waals surface area contributed by atoms with Crippen LogP contribution in [0.4, 0.5) is 0 Å². The molecule has 0 aromatic rings. The Kier molecular flexibility index (Phi) is 1.88. The zero-order valence-corrected chi connectivity index (χ0v) is 10.5. The lowest BCUT2D eigenvalue weighted by Gasteiger charge is -2.23. The summed E-state index contributed by atoms with van der Waals surface area (Å²) < 4.78 is 0. The summed E-state index contributed by atoms with van der Waals surface area (Å²) in [5, 5.41) is 9.06. The van der Waals surface area contributed by atoms with E-state index in [1.807, 2.05) is 0 Å². The topological polar surface area (TPSA) is 37.3 Å². The van der Waals surface area contributed by atoms with Gasteiger partial charge in [-0.05, 0) is 54.3 Å². The molecule has 0 aromatic carbocycles. The highest BCUT2D eigenvalue weighted by Crippen LogP contribution is 2.72. The highest BCUT2D eigenvalue weighted by Gasteiger charge is 2.65. The van der Waals surface area contributed by atoms with E-state index < -0.39 is 5.97 Å². The fraction of sp³-hybridized carbons (Fsp3) is 0.929. The van der Waals surface area contributed by atoms with Gasteiger partial charge in [0.1, 0.15) is 0 Å². The van der Waals surface area contributed by atoms with Crippen molar-refractivity contribution in [1.82, 2.24) is 0 Å². The SMILES string of the molecule is CC1CC(CC2(C)CC2C(=O)O)C2(C)CC12. The van der Waals surface area contributed by atoms with Crippen LogP contribution in [0.5, 0.6) is 0 Å². The van der Waals surface area contributed by atoms with Crippen LogP contribution < -0.4 is 0 Å². The molecule has 3 fully saturated rings. The van der Waals surface area contributed by atoms with Gasteiger partial charge in [0.15, 0.2) is 0 Å². The zero-order chi connectivity index (χ0) is 11.7. The Morgan fingerprint density at radius 1 is 1.38 bits per heavy atom. The largest absolute Gasteiger partial charge is 0.481 e. The molecule has 0 spiro atoms. The first-order chi connectivity index (χ1) is 7.37. The number of hydrogen-bond donors (Lipinski definition) is 1. The summed E-state index contributed by atoms with van der Waals surface area (Å²) in [5.74, 6) is 1.99. The first-order valence-corrected chi connectivity index (χ1v) is 6.60. The van der Waals surface area contributed by atoms with E-state index in [2.05, 4.69) is 20.8 Å². The first kappa shape index (κ1) is 10.6. The Balaban J connectivity index is 1.67. The van der Waals surface area contributed by atoms with Crippen LogP contribution in [0.1, 0.15) is 46.5 Å². The monoisotopic (exact) mass is 222 g/mol. The minimum Gasteiger partial charge on any atom is -0.481 e. The molecule has 1 N–H and O–H groups in total. The van der Waals surface area contributed by atoms with E-state index in [4.69, 9.17) is 5.11 Å². The summed E-state index contributed by atoms with van der Waals surface area (Å²) in [6.45, 7) is 6.97. The van der Waals surface area contributed by atoms with Crippen LogP contribution in [0.2, 0.25) is 0 Å². The third kappa shape index (κ3) is 1.28. The molecule has 16 heavy (non-hydrogen) atoms. The standard InChI is InChI=1S/C14H22O2/c1-8-4-9(14(3)7-10(8)14)5-13(2)6-11(13)12(15)16/h8-11H,4-7H2,1-3H3,(H,15,16). The minimum absolute atomic E-state index is 0.0517. The smallest absolute Gasteiger partial charge is 0.307 e. The summed E-state index contributed by atoms with van der Waals surface area (Å²) >= 11 is 0. The van der Waals surface area contributed by atoms with Gasteiger partial charge in [-0.2, -0.15) is 0 Å². The summed E-state index contributed by atoms with van der Waals surface area (Å²) in [7, 11) is 0. The average molecular weight is 222 g/mol. The lowest BCUT2D eigenvalue weighted by Crippen LogP contribution is -2.17. The predicted molar refractivity (Wildman–Crippen MR) is 62.0 cm³/mol. The molecule has 90 valence electrons. The van der Waals surface area contributed by atoms with Gasteiger partial charge in [-0.3, -0.25) is 4.79 Å². The maximum Gasteiger partial charge on any atom is 0.307 e. The van der Waals surface area contributed by atoms with Gasteiger partial charge >= 0.3 is 5.97 Å². The third-order valence-corrected chi connectivity index (χ3v) is 5.98. The first-order valence-electron chi connectivity index (χ1n) is 6.60. The predicted octanol–water partition coefficient (Wildman–Crippen LogP) is 3.17. The molecule has 3 aliphatic carbocycles. The van der Waals surface area contributed by atoms with Crippen molar-refractivity contribution in [3.8, 4) is 0 Å². The Bertz CT molecular complexity index is 351. The van der Waals surface area contributed by atoms with Crippen molar-refractivity contribution in [3.05, 3.63) is 0 Å². The summed E-state index contributed by atoms with van der Waals surface area (Å²) in [6, 6.07) is 0. The molecule has 6 atom stereocenters. The van der Waals surface area contributed by atoms with Gasteiger partial charge < -0.3 is 5.11 Å². The lowest BCUT2D eigenvalue weighted by atomic mass is 9.81. The van der Waals surface area contributed by atoms with Crippen molar-refractivity contribution >= 4 is 5.97 Å². The molecule has 3 rings (SSSR count). The lowest BCUT2D eigenvalue weighted by molar-refractivity contribution is -0.139. The summed E-state index contributed by atoms with van der Waals surface area (Å²) in [6.07, 6.45) is 4.80. The molecule has 0 bridgehead atoms.